The molecule has 0 aromatic carbocycles. The largest absolute Gasteiger partial charge is 0.456 e. The van der Waals surface area contributed by atoms with Gasteiger partial charge in [0, 0.05) is 13.1 Å². The van der Waals surface area contributed by atoms with Crippen molar-refractivity contribution in [2.45, 2.75) is 59.0 Å². The molecule has 0 aliphatic carbocycles. The van der Waals surface area contributed by atoms with Crippen LogP contribution in [0.15, 0.2) is 0 Å². The van der Waals surface area contributed by atoms with Gasteiger partial charge in [0.1, 0.15) is 0 Å². The number of ether oxygens (including phenoxy) is 1. The molecule has 0 heterocycles. The van der Waals surface area contributed by atoms with Crippen molar-refractivity contribution in [3.63, 3.8) is 0 Å². The summed E-state index contributed by atoms with van der Waals surface area (Å²) in [5, 5.41) is 0. The van der Waals surface area contributed by atoms with Gasteiger partial charge in [-0.3, -0.25) is 0 Å². The fourth-order valence-electron chi connectivity index (χ4n) is 2.17. The van der Waals surface area contributed by atoms with E-state index in [0.717, 1.165) is 19.0 Å². The zero-order valence-corrected chi connectivity index (χ0v) is 15.7. The van der Waals surface area contributed by atoms with Gasteiger partial charge in [0.2, 0.25) is 0 Å². The van der Waals surface area contributed by atoms with E-state index in [2.05, 4.69) is 32.7 Å². The summed E-state index contributed by atoms with van der Waals surface area (Å²) in [5.41, 5.74) is 0. The first-order valence-corrected chi connectivity index (χ1v) is 13.8. The number of hydrogen-bond donors (Lipinski definition) is 0. The highest BCUT2D eigenvalue weighted by Crippen LogP contribution is 2.20. The van der Waals surface area contributed by atoms with Gasteiger partial charge < -0.3 is 13.8 Å². The molecule has 0 aliphatic heterocycles. The van der Waals surface area contributed by atoms with Crippen molar-refractivity contribution < 1.29 is 13.6 Å². The summed E-state index contributed by atoms with van der Waals surface area (Å²) in [6.07, 6.45) is 0.798. The highest BCUT2D eigenvalue weighted by atomic mass is 28.4. The van der Waals surface area contributed by atoms with Crippen LogP contribution in [0.2, 0.25) is 38.8 Å². The van der Waals surface area contributed by atoms with Crippen LogP contribution in [0.3, 0.4) is 0 Å². The lowest BCUT2D eigenvalue weighted by molar-refractivity contribution is 0.109. The minimum absolute atomic E-state index is 0.199. The second-order valence-corrected chi connectivity index (χ2v) is 15.4. The topological polar surface area (TPSA) is 38.8 Å². The van der Waals surface area contributed by atoms with Crippen LogP contribution in [0.5, 0.6) is 0 Å². The number of carbonyl (C=O) groups excluding carboxylic acids is 1. The SMILES string of the molecule is CCOC(=O)N(CC)CCC[Si](C)(C)O[Si](C)(C)C. The molecule has 114 valence electrons. The molecule has 0 aliphatic rings. The molecule has 0 aromatic heterocycles. The van der Waals surface area contributed by atoms with E-state index in [1.807, 2.05) is 13.8 Å². The molecule has 1 amide bonds. The van der Waals surface area contributed by atoms with Gasteiger partial charge in [0.15, 0.2) is 16.6 Å². The minimum Gasteiger partial charge on any atom is -0.456 e. The van der Waals surface area contributed by atoms with Crippen LogP contribution in [0.4, 0.5) is 4.79 Å². The fourth-order valence-corrected chi connectivity index (χ4v) is 10.2. The van der Waals surface area contributed by atoms with E-state index in [1.165, 1.54) is 0 Å². The van der Waals surface area contributed by atoms with Crippen LogP contribution in [0, 0.1) is 0 Å². The Kier molecular flexibility index (Phi) is 7.92. The molecule has 0 fully saturated rings. The van der Waals surface area contributed by atoms with Crippen molar-refractivity contribution in [1.29, 1.82) is 0 Å². The summed E-state index contributed by atoms with van der Waals surface area (Å²) in [7, 11) is -3.04. The molecule has 19 heavy (non-hydrogen) atoms. The lowest BCUT2D eigenvalue weighted by Crippen LogP contribution is -2.42. The van der Waals surface area contributed by atoms with Crippen LogP contribution in [0.1, 0.15) is 20.3 Å². The molecule has 0 radical (unpaired) electrons. The Balaban J connectivity index is 4.15. The Labute approximate surface area is 120 Å². The molecule has 0 spiro atoms. The third kappa shape index (κ3) is 9.23. The summed E-state index contributed by atoms with van der Waals surface area (Å²) >= 11 is 0. The van der Waals surface area contributed by atoms with Crippen LogP contribution in [0.25, 0.3) is 0 Å². The summed E-state index contributed by atoms with van der Waals surface area (Å²) in [6, 6.07) is 1.09. The van der Waals surface area contributed by atoms with Gasteiger partial charge in [-0.25, -0.2) is 4.79 Å². The summed E-state index contributed by atoms with van der Waals surface area (Å²) in [5.74, 6) is 0. The lowest BCUT2D eigenvalue weighted by atomic mass is 10.4. The number of hydrogen-bond acceptors (Lipinski definition) is 3. The maximum Gasteiger partial charge on any atom is 0.409 e. The first kappa shape index (κ1) is 18.7. The van der Waals surface area contributed by atoms with E-state index >= 15 is 0 Å². The predicted octanol–water partition coefficient (Wildman–Crippen LogP) is 3.91. The van der Waals surface area contributed by atoms with E-state index in [-0.39, 0.29) is 6.09 Å². The molecule has 0 saturated carbocycles. The Morgan fingerprint density at radius 1 is 1.11 bits per heavy atom. The summed E-state index contributed by atoms with van der Waals surface area (Å²) in [6.45, 7) is 17.0. The van der Waals surface area contributed by atoms with Crippen molar-refractivity contribution in [2.75, 3.05) is 19.7 Å². The van der Waals surface area contributed by atoms with E-state index < -0.39 is 16.6 Å². The van der Waals surface area contributed by atoms with Crippen molar-refractivity contribution in [3.8, 4) is 0 Å². The first-order valence-electron chi connectivity index (χ1n) is 7.23. The van der Waals surface area contributed by atoms with Crippen molar-refractivity contribution in [2.24, 2.45) is 0 Å². The number of amides is 1. The van der Waals surface area contributed by atoms with Crippen LogP contribution in [-0.4, -0.2) is 47.3 Å². The highest BCUT2D eigenvalue weighted by molar-refractivity contribution is 6.84. The van der Waals surface area contributed by atoms with Crippen molar-refractivity contribution in [3.05, 3.63) is 0 Å². The quantitative estimate of drug-likeness (QED) is 0.638. The molecule has 0 aromatic rings. The zero-order chi connectivity index (χ0) is 15.1. The molecular formula is C13H31NO3Si2. The summed E-state index contributed by atoms with van der Waals surface area (Å²) < 4.78 is 11.3. The van der Waals surface area contributed by atoms with Gasteiger partial charge in [-0.15, -0.1) is 0 Å². The Morgan fingerprint density at radius 2 is 1.68 bits per heavy atom. The van der Waals surface area contributed by atoms with Gasteiger partial charge in [0.25, 0.3) is 0 Å². The van der Waals surface area contributed by atoms with Crippen LogP contribution >= 0.6 is 0 Å². The molecule has 0 saturated heterocycles. The minimum atomic E-state index is -1.59. The average Bonchev–Trinajstić information content (AvgIpc) is 2.21. The van der Waals surface area contributed by atoms with Gasteiger partial charge >= 0.3 is 6.09 Å². The molecule has 0 atom stereocenters. The monoisotopic (exact) mass is 305 g/mol. The maximum atomic E-state index is 11.6. The van der Waals surface area contributed by atoms with Crippen molar-refractivity contribution >= 4 is 22.7 Å². The fraction of sp³-hybridized carbons (Fsp3) is 0.923. The van der Waals surface area contributed by atoms with E-state index in [1.54, 1.807) is 4.90 Å². The molecule has 6 heteroatoms. The zero-order valence-electron chi connectivity index (χ0n) is 13.7. The average molecular weight is 306 g/mol. The molecule has 0 N–H and O–H groups in total. The lowest BCUT2D eigenvalue weighted by Gasteiger charge is -2.32. The van der Waals surface area contributed by atoms with Gasteiger partial charge in [-0.1, -0.05) is 0 Å². The second kappa shape index (κ2) is 8.06. The Hall–Kier alpha value is -0.336. The number of carbonyl (C=O) groups is 1. The highest BCUT2D eigenvalue weighted by Gasteiger charge is 2.29. The molecular weight excluding hydrogens is 274 g/mol. The normalized spacial score (nSPS) is 12.4. The van der Waals surface area contributed by atoms with Gasteiger partial charge in [-0.05, 0) is 59.0 Å². The molecule has 0 bridgehead atoms. The third-order valence-corrected chi connectivity index (χ3v) is 8.91. The smallest absolute Gasteiger partial charge is 0.409 e. The second-order valence-electron chi connectivity index (χ2n) is 6.36. The number of rotatable bonds is 8. The van der Waals surface area contributed by atoms with Crippen LogP contribution < -0.4 is 0 Å². The van der Waals surface area contributed by atoms with Crippen LogP contribution in [-0.2, 0) is 8.85 Å². The van der Waals surface area contributed by atoms with Gasteiger partial charge in [0.05, 0.1) is 6.61 Å². The standard InChI is InChI=1S/C13H31NO3Si2/c1-8-14(13(15)16-9-2)11-10-12-19(6,7)17-18(3,4)5/h8-12H2,1-7H3. The third-order valence-electron chi connectivity index (χ3n) is 2.70. The molecule has 0 rings (SSSR count). The van der Waals surface area contributed by atoms with E-state index in [0.29, 0.717) is 13.2 Å². The van der Waals surface area contributed by atoms with Crippen molar-refractivity contribution in [1.82, 2.24) is 4.90 Å². The van der Waals surface area contributed by atoms with E-state index in [9.17, 15) is 4.79 Å². The molecule has 4 nitrogen and oxygen atoms in total. The Bertz CT molecular complexity index is 278. The predicted molar refractivity (Wildman–Crippen MR) is 85.6 cm³/mol. The number of nitrogens with zero attached hydrogens (tertiary/aromatic N) is 1. The molecule has 0 unspecified atom stereocenters. The van der Waals surface area contributed by atoms with Gasteiger partial charge in [-0.2, -0.15) is 0 Å². The first-order chi connectivity index (χ1) is 8.61. The Morgan fingerprint density at radius 3 is 2.11 bits per heavy atom. The maximum absolute atomic E-state index is 11.6. The van der Waals surface area contributed by atoms with E-state index in [4.69, 9.17) is 8.85 Å². The summed E-state index contributed by atoms with van der Waals surface area (Å²) in [4.78, 5) is 13.4.